The standard InChI is InChI=1S/C13H15N5O3S/c1-22(20,21)18(11-5-3-2-4-6-11)9-12-15-7-10(8-16-12)13(19)17-14/h2-8H,9,14H2,1H3,(H,17,19). The number of anilines is 1. The van der Waals surface area contributed by atoms with Crippen LogP contribution in [0.2, 0.25) is 0 Å². The maximum absolute atomic E-state index is 11.9. The van der Waals surface area contributed by atoms with E-state index < -0.39 is 15.9 Å². The van der Waals surface area contributed by atoms with Crippen LogP contribution in [0.15, 0.2) is 42.7 Å². The van der Waals surface area contributed by atoms with Gasteiger partial charge in [-0.1, -0.05) is 18.2 Å². The Balaban J connectivity index is 2.27. The van der Waals surface area contributed by atoms with Crippen LogP contribution < -0.4 is 15.6 Å². The Morgan fingerprint density at radius 2 is 1.82 bits per heavy atom. The molecule has 0 aliphatic rings. The van der Waals surface area contributed by atoms with E-state index in [9.17, 15) is 13.2 Å². The SMILES string of the molecule is CS(=O)(=O)N(Cc1ncc(C(=O)NN)cn1)c1ccccc1. The Morgan fingerprint density at radius 3 is 2.32 bits per heavy atom. The molecular formula is C13H15N5O3S. The minimum Gasteiger partial charge on any atom is -0.290 e. The molecule has 0 radical (unpaired) electrons. The number of carbonyl (C=O) groups is 1. The molecule has 116 valence electrons. The number of nitrogens with two attached hydrogens (primary N) is 1. The predicted molar refractivity (Wildman–Crippen MR) is 81.2 cm³/mol. The molecule has 1 amide bonds. The van der Waals surface area contributed by atoms with Crippen LogP contribution in [0.4, 0.5) is 5.69 Å². The molecule has 1 aromatic heterocycles. The number of nitrogens with one attached hydrogen (secondary N) is 1. The fourth-order valence-corrected chi connectivity index (χ4v) is 2.61. The zero-order valence-corrected chi connectivity index (χ0v) is 12.6. The molecule has 0 aliphatic heterocycles. The summed E-state index contributed by atoms with van der Waals surface area (Å²) in [5, 5.41) is 0. The lowest BCUT2D eigenvalue weighted by Crippen LogP contribution is -2.31. The number of hydrogen-bond donors (Lipinski definition) is 2. The van der Waals surface area contributed by atoms with Gasteiger partial charge in [0, 0.05) is 12.4 Å². The maximum Gasteiger partial charge on any atom is 0.268 e. The molecule has 0 saturated carbocycles. The summed E-state index contributed by atoms with van der Waals surface area (Å²) in [6.07, 6.45) is 3.68. The summed E-state index contributed by atoms with van der Waals surface area (Å²) in [5.41, 5.74) is 2.67. The molecule has 0 fully saturated rings. The molecule has 9 heteroatoms. The summed E-state index contributed by atoms with van der Waals surface area (Å²) in [4.78, 5) is 19.3. The number of para-hydroxylation sites is 1. The summed E-state index contributed by atoms with van der Waals surface area (Å²) in [7, 11) is -3.49. The monoisotopic (exact) mass is 321 g/mol. The summed E-state index contributed by atoms with van der Waals surface area (Å²) < 4.78 is 25.1. The number of aromatic nitrogens is 2. The number of hydrogen-bond acceptors (Lipinski definition) is 6. The number of hydrazine groups is 1. The highest BCUT2D eigenvalue weighted by Crippen LogP contribution is 2.18. The van der Waals surface area contributed by atoms with Crippen molar-refractivity contribution in [2.45, 2.75) is 6.54 Å². The zero-order valence-electron chi connectivity index (χ0n) is 11.8. The third-order valence-electron chi connectivity index (χ3n) is 2.83. The van der Waals surface area contributed by atoms with Gasteiger partial charge in [-0.05, 0) is 12.1 Å². The molecular weight excluding hydrogens is 306 g/mol. The molecule has 0 atom stereocenters. The van der Waals surface area contributed by atoms with Crippen LogP contribution in [-0.2, 0) is 16.6 Å². The molecule has 0 bridgehead atoms. The van der Waals surface area contributed by atoms with Gasteiger partial charge in [-0.15, -0.1) is 0 Å². The summed E-state index contributed by atoms with van der Waals surface area (Å²) in [6.45, 7) is -0.0344. The normalized spacial score (nSPS) is 11.0. The van der Waals surface area contributed by atoms with Crippen molar-refractivity contribution in [2.75, 3.05) is 10.6 Å². The van der Waals surface area contributed by atoms with Gasteiger partial charge in [0.25, 0.3) is 5.91 Å². The van der Waals surface area contributed by atoms with E-state index in [1.54, 1.807) is 30.3 Å². The number of rotatable bonds is 5. The molecule has 8 nitrogen and oxygen atoms in total. The van der Waals surface area contributed by atoms with Crippen molar-refractivity contribution in [2.24, 2.45) is 5.84 Å². The number of nitrogens with zero attached hydrogens (tertiary/aromatic N) is 3. The van der Waals surface area contributed by atoms with Crippen molar-refractivity contribution < 1.29 is 13.2 Å². The first-order valence-electron chi connectivity index (χ1n) is 6.26. The molecule has 2 aromatic rings. The third kappa shape index (κ3) is 3.77. The van der Waals surface area contributed by atoms with Gasteiger partial charge in [0.05, 0.1) is 24.1 Å². The van der Waals surface area contributed by atoms with Gasteiger partial charge in [-0.3, -0.25) is 14.5 Å². The average molecular weight is 321 g/mol. The highest BCUT2D eigenvalue weighted by Gasteiger charge is 2.19. The van der Waals surface area contributed by atoms with Crippen LogP contribution in [0.1, 0.15) is 16.2 Å². The minimum absolute atomic E-state index is 0.0344. The van der Waals surface area contributed by atoms with Crippen molar-refractivity contribution >= 4 is 21.6 Å². The van der Waals surface area contributed by atoms with Crippen LogP contribution in [0.25, 0.3) is 0 Å². The Bertz CT molecular complexity index is 747. The van der Waals surface area contributed by atoms with Crippen molar-refractivity contribution in [3.8, 4) is 0 Å². The zero-order chi connectivity index (χ0) is 16.2. The van der Waals surface area contributed by atoms with E-state index >= 15 is 0 Å². The minimum atomic E-state index is -3.49. The van der Waals surface area contributed by atoms with Gasteiger partial charge < -0.3 is 0 Å². The first-order valence-corrected chi connectivity index (χ1v) is 8.11. The summed E-state index contributed by atoms with van der Waals surface area (Å²) in [5.74, 6) is 4.76. The van der Waals surface area contributed by atoms with Gasteiger partial charge in [-0.25, -0.2) is 24.2 Å². The van der Waals surface area contributed by atoms with Crippen LogP contribution >= 0.6 is 0 Å². The van der Waals surface area contributed by atoms with Crippen LogP contribution in [-0.4, -0.2) is 30.5 Å². The van der Waals surface area contributed by atoms with Crippen LogP contribution in [0, 0.1) is 0 Å². The highest BCUT2D eigenvalue weighted by atomic mass is 32.2. The number of nitrogen functional groups attached to an aromatic ring is 1. The van der Waals surface area contributed by atoms with E-state index in [4.69, 9.17) is 5.84 Å². The smallest absolute Gasteiger partial charge is 0.268 e. The molecule has 1 heterocycles. The van der Waals surface area contributed by atoms with E-state index in [1.807, 2.05) is 5.43 Å². The first kappa shape index (κ1) is 15.9. The van der Waals surface area contributed by atoms with Crippen molar-refractivity contribution in [3.63, 3.8) is 0 Å². The average Bonchev–Trinajstić information content (AvgIpc) is 2.52. The van der Waals surface area contributed by atoms with Gasteiger partial charge in [-0.2, -0.15) is 0 Å². The predicted octanol–water partition coefficient (Wildman–Crippen LogP) is 0.0463. The topological polar surface area (TPSA) is 118 Å². The van der Waals surface area contributed by atoms with Crippen molar-refractivity contribution in [3.05, 3.63) is 54.1 Å². The van der Waals surface area contributed by atoms with Gasteiger partial charge in [0.2, 0.25) is 10.0 Å². The third-order valence-corrected chi connectivity index (χ3v) is 3.97. The Morgan fingerprint density at radius 1 is 1.23 bits per heavy atom. The number of sulfonamides is 1. The molecule has 1 aromatic carbocycles. The van der Waals surface area contributed by atoms with Gasteiger partial charge in [0.15, 0.2) is 0 Å². The maximum atomic E-state index is 11.9. The molecule has 2 rings (SSSR count). The fraction of sp³-hybridized carbons (Fsp3) is 0.154. The lowest BCUT2D eigenvalue weighted by molar-refractivity contribution is 0.0953. The summed E-state index contributed by atoms with van der Waals surface area (Å²) >= 11 is 0. The van der Waals surface area contributed by atoms with Crippen molar-refractivity contribution in [1.29, 1.82) is 0 Å². The molecule has 3 N–H and O–H groups in total. The number of carbonyl (C=O) groups excluding carboxylic acids is 1. The lowest BCUT2D eigenvalue weighted by atomic mass is 10.3. The second-order valence-electron chi connectivity index (χ2n) is 4.47. The fourth-order valence-electron chi connectivity index (χ4n) is 1.76. The van der Waals surface area contributed by atoms with E-state index in [-0.39, 0.29) is 17.9 Å². The largest absolute Gasteiger partial charge is 0.290 e. The lowest BCUT2D eigenvalue weighted by Gasteiger charge is -2.21. The molecule has 0 unspecified atom stereocenters. The van der Waals surface area contributed by atoms with E-state index in [2.05, 4.69) is 9.97 Å². The van der Waals surface area contributed by atoms with E-state index in [0.717, 1.165) is 6.26 Å². The van der Waals surface area contributed by atoms with E-state index in [0.29, 0.717) is 5.69 Å². The van der Waals surface area contributed by atoms with Gasteiger partial charge >= 0.3 is 0 Å². The molecule has 0 saturated heterocycles. The Hall–Kier alpha value is -2.52. The van der Waals surface area contributed by atoms with Crippen LogP contribution in [0.5, 0.6) is 0 Å². The number of amides is 1. The summed E-state index contributed by atoms with van der Waals surface area (Å²) in [6, 6.07) is 8.63. The second kappa shape index (κ2) is 6.50. The van der Waals surface area contributed by atoms with Gasteiger partial charge in [0.1, 0.15) is 5.82 Å². The second-order valence-corrected chi connectivity index (χ2v) is 6.37. The highest BCUT2D eigenvalue weighted by molar-refractivity contribution is 7.92. The Labute approximate surface area is 128 Å². The Kier molecular flexibility index (Phi) is 4.68. The molecule has 0 spiro atoms. The quantitative estimate of drug-likeness (QED) is 0.456. The van der Waals surface area contributed by atoms with Crippen LogP contribution in [0.3, 0.4) is 0 Å². The van der Waals surface area contributed by atoms with Crippen molar-refractivity contribution in [1.82, 2.24) is 15.4 Å². The van der Waals surface area contributed by atoms with E-state index in [1.165, 1.54) is 16.7 Å². The number of benzene rings is 1. The molecule has 22 heavy (non-hydrogen) atoms. The molecule has 0 aliphatic carbocycles. The first-order chi connectivity index (χ1) is 10.4.